The minimum Gasteiger partial charge on any atom is -0.296 e. The molecule has 0 aliphatic carbocycles. The van der Waals surface area contributed by atoms with Crippen molar-refractivity contribution in [1.29, 1.82) is 0 Å². The number of aromatic nitrogens is 1. The summed E-state index contributed by atoms with van der Waals surface area (Å²) in [6, 6.07) is 0.844. The van der Waals surface area contributed by atoms with Crippen LogP contribution in [0, 0.1) is 5.95 Å². The molecule has 6 heteroatoms. The largest absolute Gasteiger partial charge is 0.296 e. The van der Waals surface area contributed by atoms with Crippen molar-refractivity contribution >= 4 is 22.2 Å². The molecule has 1 aromatic rings. The first-order valence-electron chi connectivity index (χ1n) is 3.15. The second-order valence-electron chi connectivity index (χ2n) is 2.15. The van der Waals surface area contributed by atoms with Crippen molar-refractivity contribution in [2.75, 3.05) is 0 Å². The van der Waals surface area contributed by atoms with Crippen LogP contribution in [0.3, 0.4) is 0 Å². The lowest BCUT2D eigenvalue weighted by Gasteiger charge is -2.03. The molecule has 1 rings (SSSR count). The van der Waals surface area contributed by atoms with Crippen molar-refractivity contribution in [1.82, 2.24) is 4.98 Å². The van der Waals surface area contributed by atoms with Gasteiger partial charge in [0.15, 0.2) is 6.29 Å². The first-order valence-corrected chi connectivity index (χ1v) is 3.95. The smallest absolute Gasteiger partial charge is 0.266 e. The Bertz CT molecular complexity index is 343. The highest BCUT2D eigenvalue weighted by molar-refractivity contribution is 9.10. The van der Waals surface area contributed by atoms with Crippen LogP contribution in [-0.4, -0.2) is 11.3 Å². The van der Waals surface area contributed by atoms with Crippen molar-refractivity contribution in [3.63, 3.8) is 0 Å². The van der Waals surface area contributed by atoms with E-state index in [1.165, 1.54) is 0 Å². The normalized spacial score (nSPS) is 10.5. The van der Waals surface area contributed by atoms with Gasteiger partial charge in [-0.15, -0.1) is 0 Å². The number of halogens is 4. The predicted octanol–water partition coefficient (Wildman–Crippen LogP) is 2.73. The van der Waals surface area contributed by atoms with Crippen LogP contribution in [0.25, 0.3) is 0 Å². The van der Waals surface area contributed by atoms with Gasteiger partial charge in [0.2, 0.25) is 5.95 Å². The van der Waals surface area contributed by atoms with Gasteiger partial charge in [0.25, 0.3) is 6.43 Å². The second kappa shape index (κ2) is 3.87. The summed E-state index contributed by atoms with van der Waals surface area (Å²) in [5.74, 6) is -0.980. The number of carbonyl (C=O) groups is 1. The third-order valence-corrected chi connectivity index (χ3v) is 1.90. The number of carbonyl (C=O) groups excluding carboxylic acids is 1. The maximum Gasteiger partial charge on any atom is 0.266 e. The lowest BCUT2D eigenvalue weighted by atomic mass is 10.2. The zero-order valence-electron chi connectivity index (χ0n) is 6.10. The highest BCUT2D eigenvalue weighted by Crippen LogP contribution is 2.25. The number of nitrogens with zero attached hydrogens (tertiary/aromatic N) is 1. The van der Waals surface area contributed by atoms with Crippen molar-refractivity contribution < 1.29 is 18.0 Å². The molecule has 0 fully saturated rings. The van der Waals surface area contributed by atoms with Gasteiger partial charge in [-0.2, -0.15) is 4.39 Å². The Balaban J connectivity index is 3.32. The van der Waals surface area contributed by atoms with E-state index in [4.69, 9.17) is 0 Å². The van der Waals surface area contributed by atoms with E-state index >= 15 is 0 Å². The third kappa shape index (κ3) is 2.06. The molecule has 0 spiro atoms. The molecule has 1 aromatic heterocycles. The topological polar surface area (TPSA) is 30.0 Å². The zero-order chi connectivity index (χ0) is 10.0. The van der Waals surface area contributed by atoms with Crippen LogP contribution in [0.1, 0.15) is 22.5 Å². The van der Waals surface area contributed by atoms with Gasteiger partial charge in [-0.25, -0.2) is 13.8 Å². The highest BCUT2D eigenvalue weighted by atomic mass is 79.9. The first kappa shape index (κ1) is 10.2. The monoisotopic (exact) mass is 253 g/mol. The molecule has 2 nitrogen and oxygen atoms in total. The molecular weight excluding hydrogens is 251 g/mol. The summed E-state index contributed by atoms with van der Waals surface area (Å²) in [7, 11) is 0. The number of hydrogen-bond donors (Lipinski definition) is 0. The maximum atomic E-state index is 12.6. The number of hydrogen-bond acceptors (Lipinski definition) is 2. The van der Waals surface area contributed by atoms with Crippen LogP contribution in [0.15, 0.2) is 10.5 Å². The number of alkyl halides is 2. The Morgan fingerprint density at radius 3 is 2.62 bits per heavy atom. The van der Waals surface area contributed by atoms with Gasteiger partial charge in [-0.3, -0.25) is 4.79 Å². The molecule has 0 bridgehead atoms. The summed E-state index contributed by atoms with van der Waals surface area (Å²) >= 11 is 2.69. The zero-order valence-corrected chi connectivity index (χ0v) is 7.69. The molecule has 0 atom stereocenters. The molecular formula is C7H3BrF3NO. The van der Waals surface area contributed by atoms with E-state index in [2.05, 4.69) is 20.9 Å². The van der Waals surface area contributed by atoms with Crippen LogP contribution in [0.2, 0.25) is 0 Å². The molecule has 0 N–H and O–H groups in total. The molecule has 0 saturated heterocycles. The Hall–Kier alpha value is -0.910. The minimum absolute atomic E-state index is 0.0943. The van der Waals surface area contributed by atoms with E-state index in [0.717, 1.165) is 6.07 Å². The van der Waals surface area contributed by atoms with Crippen LogP contribution in [0.5, 0.6) is 0 Å². The van der Waals surface area contributed by atoms with Crippen LogP contribution < -0.4 is 0 Å². The standard InChI is InChI=1S/C7H3BrF3NO/c8-4-1-3(6(9)10)5(2-13)12-7(4)11/h1-2,6H. The number of pyridine rings is 1. The van der Waals surface area contributed by atoms with Crippen molar-refractivity contribution in [3.05, 3.63) is 27.7 Å². The van der Waals surface area contributed by atoms with Gasteiger partial charge in [-0.05, 0) is 22.0 Å². The lowest BCUT2D eigenvalue weighted by molar-refractivity contribution is 0.110. The molecule has 0 radical (unpaired) electrons. The van der Waals surface area contributed by atoms with E-state index < -0.39 is 23.6 Å². The van der Waals surface area contributed by atoms with Crippen molar-refractivity contribution in [2.24, 2.45) is 0 Å². The van der Waals surface area contributed by atoms with E-state index in [9.17, 15) is 18.0 Å². The van der Waals surface area contributed by atoms with Crippen LogP contribution in [0.4, 0.5) is 13.2 Å². The highest BCUT2D eigenvalue weighted by Gasteiger charge is 2.16. The summed E-state index contributed by atoms with van der Waals surface area (Å²) in [4.78, 5) is 13.3. The van der Waals surface area contributed by atoms with Gasteiger partial charge in [0.1, 0.15) is 5.69 Å². The van der Waals surface area contributed by atoms with Gasteiger partial charge >= 0.3 is 0 Å². The molecule has 0 aliphatic rings. The first-order chi connectivity index (χ1) is 6.06. The Morgan fingerprint density at radius 2 is 2.15 bits per heavy atom. The Morgan fingerprint density at radius 1 is 1.54 bits per heavy atom. The molecule has 1 heterocycles. The van der Waals surface area contributed by atoms with E-state index in [1.807, 2.05) is 0 Å². The molecule has 0 saturated carbocycles. The number of aldehydes is 1. The van der Waals surface area contributed by atoms with E-state index in [0.29, 0.717) is 0 Å². The van der Waals surface area contributed by atoms with Crippen LogP contribution >= 0.6 is 15.9 Å². The Labute approximate surface area is 79.9 Å². The predicted molar refractivity (Wildman–Crippen MR) is 42.2 cm³/mol. The summed E-state index contributed by atoms with van der Waals surface area (Å²) < 4.78 is 36.8. The van der Waals surface area contributed by atoms with Gasteiger partial charge in [-0.1, -0.05) is 0 Å². The quantitative estimate of drug-likeness (QED) is 0.600. The summed E-state index contributed by atoms with van der Waals surface area (Å²) in [5, 5.41) is 0. The molecule has 70 valence electrons. The second-order valence-corrected chi connectivity index (χ2v) is 3.01. The van der Waals surface area contributed by atoms with E-state index in [1.54, 1.807) is 0 Å². The van der Waals surface area contributed by atoms with Gasteiger partial charge < -0.3 is 0 Å². The van der Waals surface area contributed by atoms with Gasteiger partial charge in [0, 0.05) is 5.56 Å². The van der Waals surface area contributed by atoms with Crippen molar-refractivity contribution in [2.45, 2.75) is 6.43 Å². The third-order valence-electron chi connectivity index (χ3n) is 1.34. The van der Waals surface area contributed by atoms with Crippen LogP contribution in [-0.2, 0) is 0 Å². The van der Waals surface area contributed by atoms with Gasteiger partial charge in [0.05, 0.1) is 4.47 Å². The fraction of sp³-hybridized carbons (Fsp3) is 0.143. The molecule has 0 unspecified atom stereocenters. The maximum absolute atomic E-state index is 12.6. The van der Waals surface area contributed by atoms with Crippen molar-refractivity contribution in [3.8, 4) is 0 Å². The molecule has 0 amide bonds. The molecule has 13 heavy (non-hydrogen) atoms. The number of rotatable bonds is 2. The summed E-state index contributed by atoms with van der Waals surface area (Å²) in [6.45, 7) is 0. The lowest BCUT2D eigenvalue weighted by Crippen LogP contribution is -2.00. The average molecular weight is 254 g/mol. The van der Waals surface area contributed by atoms with E-state index in [-0.39, 0.29) is 10.8 Å². The summed E-state index contributed by atoms with van der Waals surface area (Å²) in [6.07, 6.45) is -2.75. The fourth-order valence-electron chi connectivity index (χ4n) is 0.763. The fourth-order valence-corrected chi connectivity index (χ4v) is 1.10. The minimum atomic E-state index is -2.84. The average Bonchev–Trinajstić information content (AvgIpc) is 2.08. The Kier molecular flexibility index (Phi) is 3.02. The molecule has 0 aliphatic heterocycles. The summed E-state index contributed by atoms with van der Waals surface area (Å²) in [5.41, 5.74) is -1.15. The SMILES string of the molecule is O=Cc1nc(F)c(Br)cc1C(F)F. The molecule has 0 aromatic carbocycles.